The number of carbonyl (C=O) groups excluding carboxylic acids is 1. The molecule has 1 amide bonds. The molecule has 5 rings (SSSR count). The average Bonchev–Trinajstić information content (AvgIpc) is 3.72. The first-order valence-corrected chi connectivity index (χ1v) is 13.0. The summed E-state index contributed by atoms with van der Waals surface area (Å²) in [5, 5.41) is 22.8. The van der Waals surface area contributed by atoms with Crippen molar-refractivity contribution in [1.82, 2.24) is 19.9 Å². The minimum atomic E-state index is -1.19. The lowest BCUT2D eigenvalue weighted by Crippen LogP contribution is -2.49. The summed E-state index contributed by atoms with van der Waals surface area (Å²) in [6.07, 6.45) is 2.91. The van der Waals surface area contributed by atoms with E-state index in [-0.39, 0.29) is 28.5 Å². The van der Waals surface area contributed by atoms with Crippen LogP contribution in [0, 0.1) is 24.2 Å². The smallest absolute Gasteiger partial charge is 0.356 e. The van der Waals surface area contributed by atoms with Crippen LogP contribution in [-0.4, -0.2) is 63.0 Å². The fourth-order valence-electron chi connectivity index (χ4n) is 4.84. The molecule has 38 heavy (non-hydrogen) atoms. The highest BCUT2D eigenvalue weighted by Crippen LogP contribution is 2.34. The van der Waals surface area contributed by atoms with E-state index in [0.717, 1.165) is 24.0 Å². The molecule has 1 aliphatic carbocycles. The van der Waals surface area contributed by atoms with Crippen molar-refractivity contribution < 1.29 is 14.7 Å². The zero-order valence-corrected chi connectivity index (χ0v) is 22.0. The van der Waals surface area contributed by atoms with Crippen LogP contribution in [0.15, 0.2) is 24.3 Å². The van der Waals surface area contributed by atoms with E-state index >= 15 is 0 Å². The molecule has 0 radical (unpaired) electrons. The molecular weight excluding hydrogens is 506 g/mol. The second kappa shape index (κ2) is 10.4. The minimum Gasteiger partial charge on any atom is -0.476 e. The Hall–Kier alpha value is -3.97. The van der Waals surface area contributed by atoms with Gasteiger partial charge in [-0.3, -0.25) is 4.79 Å². The van der Waals surface area contributed by atoms with Crippen molar-refractivity contribution in [1.29, 1.82) is 5.26 Å². The van der Waals surface area contributed by atoms with E-state index in [0.29, 0.717) is 61.1 Å². The minimum absolute atomic E-state index is 0.0930. The molecule has 2 aliphatic rings. The van der Waals surface area contributed by atoms with E-state index in [4.69, 9.17) is 16.6 Å². The number of hydrogen-bond acceptors (Lipinski definition) is 8. The summed E-state index contributed by atoms with van der Waals surface area (Å²) in [6, 6.07) is 8.80. The number of halogens is 1. The van der Waals surface area contributed by atoms with Gasteiger partial charge in [0.2, 0.25) is 5.91 Å². The van der Waals surface area contributed by atoms with Gasteiger partial charge in [0.1, 0.15) is 11.2 Å². The van der Waals surface area contributed by atoms with Crippen LogP contribution in [0.3, 0.4) is 0 Å². The average molecular weight is 534 g/mol. The first-order chi connectivity index (χ1) is 18.2. The Labute approximate surface area is 225 Å². The van der Waals surface area contributed by atoms with Crippen LogP contribution >= 0.6 is 11.6 Å². The van der Waals surface area contributed by atoms with Crippen molar-refractivity contribution in [2.75, 3.05) is 36.4 Å². The zero-order valence-electron chi connectivity index (χ0n) is 21.2. The lowest BCUT2D eigenvalue weighted by atomic mass is 10.0. The molecule has 1 saturated carbocycles. The van der Waals surface area contributed by atoms with E-state index in [1.165, 1.54) is 6.07 Å². The second-order valence-corrected chi connectivity index (χ2v) is 10.3. The highest BCUT2D eigenvalue weighted by molar-refractivity contribution is 6.29. The van der Waals surface area contributed by atoms with Crippen LogP contribution in [-0.2, 0) is 4.79 Å². The fraction of sp³-hybridized carbons (Fsp3) is 0.407. The summed E-state index contributed by atoms with van der Waals surface area (Å²) in [7, 11) is 0. The number of carbonyl (C=O) groups is 2. The number of anilines is 2. The molecule has 1 atom stereocenters. The SMILES string of the molecule is Cc1cc(C(C)Nc2ccc(Cl)nc2C(=O)O)c2nc(N3CCN(C(=O)CC4CC4)CC3)c(C#N)nc2c1. The Bertz CT molecular complexity index is 1460. The number of amides is 1. The number of rotatable bonds is 7. The number of carboxylic acid groups (broad SMARTS) is 1. The van der Waals surface area contributed by atoms with Crippen molar-refractivity contribution >= 4 is 46.0 Å². The largest absolute Gasteiger partial charge is 0.476 e. The number of hydrogen-bond donors (Lipinski definition) is 2. The van der Waals surface area contributed by atoms with Crippen LogP contribution in [0.4, 0.5) is 11.5 Å². The molecule has 11 heteroatoms. The van der Waals surface area contributed by atoms with Crippen molar-refractivity contribution in [3.8, 4) is 6.07 Å². The molecule has 1 unspecified atom stereocenters. The van der Waals surface area contributed by atoms with Gasteiger partial charge in [-0.05, 0) is 56.4 Å². The molecule has 1 aliphatic heterocycles. The van der Waals surface area contributed by atoms with E-state index in [9.17, 15) is 20.0 Å². The Morgan fingerprint density at radius 3 is 2.58 bits per heavy atom. The van der Waals surface area contributed by atoms with Crippen LogP contribution in [0.5, 0.6) is 0 Å². The molecule has 196 valence electrons. The van der Waals surface area contributed by atoms with Gasteiger partial charge in [0, 0.05) is 38.2 Å². The summed E-state index contributed by atoms with van der Waals surface area (Å²) >= 11 is 5.91. The highest BCUT2D eigenvalue weighted by atomic mass is 35.5. The van der Waals surface area contributed by atoms with Gasteiger partial charge < -0.3 is 20.2 Å². The van der Waals surface area contributed by atoms with E-state index < -0.39 is 5.97 Å². The van der Waals surface area contributed by atoms with E-state index in [1.807, 2.05) is 35.8 Å². The number of piperazine rings is 1. The summed E-state index contributed by atoms with van der Waals surface area (Å²) in [6.45, 7) is 6.13. The number of aromatic carboxylic acids is 1. The molecule has 2 aromatic heterocycles. The van der Waals surface area contributed by atoms with E-state index in [2.05, 4.69) is 21.4 Å². The Balaban J connectivity index is 1.45. The molecule has 1 aromatic carbocycles. The fourth-order valence-corrected chi connectivity index (χ4v) is 4.99. The molecule has 10 nitrogen and oxygen atoms in total. The van der Waals surface area contributed by atoms with Gasteiger partial charge in [-0.1, -0.05) is 17.7 Å². The van der Waals surface area contributed by atoms with Gasteiger partial charge in [0.15, 0.2) is 17.2 Å². The first kappa shape index (κ1) is 25.7. The van der Waals surface area contributed by atoms with E-state index in [1.54, 1.807) is 6.07 Å². The number of aryl methyl sites for hydroxylation is 1. The summed E-state index contributed by atoms with van der Waals surface area (Å²) < 4.78 is 0. The lowest BCUT2D eigenvalue weighted by Gasteiger charge is -2.35. The summed E-state index contributed by atoms with van der Waals surface area (Å²) in [5.41, 5.74) is 3.34. The molecular formula is C27H28ClN7O3. The third-order valence-corrected chi connectivity index (χ3v) is 7.24. The summed E-state index contributed by atoms with van der Waals surface area (Å²) in [4.78, 5) is 41.7. The monoisotopic (exact) mass is 533 g/mol. The number of nitrogens with one attached hydrogen (secondary N) is 1. The highest BCUT2D eigenvalue weighted by Gasteiger charge is 2.30. The predicted octanol–water partition coefficient (Wildman–Crippen LogP) is 4.18. The van der Waals surface area contributed by atoms with Crippen molar-refractivity contribution in [2.24, 2.45) is 5.92 Å². The van der Waals surface area contributed by atoms with Crippen LogP contribution in [0.2, 0.25) is 5.15 Å². The number of benzene rings is 1. The van der Waals surface area contributed by atoms with Crippen molar-refractivity contribution in [3.63, 3.8) is 0 Å². The van der Waals surface area contributed by atoms with Crippen molar-refractivity contribution in [2.45, 2.75) is 39.2 Å². The molecule has 0 bridgehead atoms. The zero-order chi connectivity index (χ0) is 27.0. The summed E-state index contributed by atoms with van der Waals surface area (Å²) in [5.74, 6) is 0.0508. The molecule has 1 saturated heterocycles. The molecule has 0 spiro atoms. The molecule has 2 N–H and O–H groups in total. The molecule has 3 aromatic rings. The molecule has 3 heterocycles. The molecule has 2 fully saturated rings. The number of aromatic nitrogens is 3. The third-order valence-electron chi connectivity index (χ3n) is 7.03. The second-order valence-electron chi connectivity index (χ2n) is 9.95. The number of carboxylic acids is 1. The number of pyridine rings is 1. The van der Waals surface area contributed by atoms with Crippen molar-refractivity contribution in [3.05, 3.63) is 51.9 Å². The van der Waals surface area contributed by atoms with Gasteiger partial charge in [-0.2, -0.15) is 5.26 Å². The Morgan fingerprint density at radius 2 is 1.92 bits per heavy atom. The predicted molar refractivity (Wildman–Crippen MR) is 143 cm³/mol. The quantitative estimate of drug-likeness (QED) is 0.428. The first-order valence-electron chi connectivity index (χ1n) is 12.6. The number of fused-ring (bicyclic) bond motifs is 1. The normalized spacial score (nSPS) is 16.3. The standard InChI is InChI=1S/C27H28ClN7O3/c1-15-11-18(16(2)30-19-5-6-22(28)32-25(19)27(37)38)24-20(12-15)31-21(14-29)26(33-24)35-9-7-34(8-10-35)23(36)13-17-3-4-17/h5-6,11-12,16-17,30H,3-4,7-10,13H2,1-2H3,(H,37,38). The number of nitrogens with zero attached hydrogens (tertiary/aromatic N) is 6. The van der Waals surface area contributed by atoms with Crippen LogP contribution in [0.25, 0.3) is 11.0 Å². The van der Waals surface area contributed by atoms with Gasteiger partial charge in [0.25, 0.3) is 0 Å². The lowest BCUT2D eigenvalue weighted by molar-refractivity contribution is -0.131. The van der Waals surface area contributed by atoms with Gasteiger partial charge in [-0.25, -0.2) is 19.7 Å². The number of nitriles is 1. The van der Waals surface area contributed by atoms with Crippen LogP contribution < -0.4 is 10.2 Å². The van der Waals surface area contributed by atoms with Gasteiger partial charge in [-0.15, -0.1) is 0 Å². The Morgan fingerprint density at radius 1 is 1.18 bits per heavy atom. The third kappa shape index (κ3) is 5.34. The van der Waals surface area contributed by atoms with Crippen LogP contribution in [0.1, 0.15) is 59.5 Å². The van der Waals surface area contributed by atoms with Gasteiger partial charge in [0.05, 0.1) is 22.8 Å². The maximum absolute atomic E-state index is 12.5. The maximum atomic E-state index is 12.5. The van der Waals surface area contributed by atoms with Gasteiger partial charge >= 0.3 is 5.97 Å². The topological polar surface area (TPSA) is 135 Å². The Kier molecular flexibility index (Phi) is 7.04. The maximum Gasteiger partial charge on any atom is 0.356 e.